The third-order valence-corrected chi connectivity index (χ3v) is 6.51. The summed E-state index contributed by atoms with van der Waals surface area (Å²) in [7, 11) is -0.919. The molecule has 0 aromatic heterocycles. The monoisotopic (exact) mass is 336 g/mol. The summed E-state index contributed by atoms with van der Waals surface area (Å²) < 4.78 is 11.3. The molecular formula is C13H24N2O4S2. The van der Waals surface area contributed by atoms with Crippen molar-refractivity contribution in [3.63, 3.8) is 0 Å². The van der Waals surface area contributed by atoms with Gasteiger partial charge in [0.2, 0.25) is 0 Å². The van der Waals surface area contributed by atoms with Crippen molar-refractivity contribution in [2.24, 2.45) is 5.92 Å². The molecule has 6 nitrogen and oxygen atoms in total. The van der Waals surface area contributed by atoms with Crippen molar-refractivity contribution in [3.05, 3.63) is 0 Å². The average Bonchev–Trinajstić information content (AvgIpc) is 2.83. The fourth-order valence-electron chi connectivity index (χ4n) is 2.13. The van der Waals surface area contributed by atoms with Crippen molar-refractivity contribution in [3.8, 4) is 0 Å². The van der Waals surface area contributed by atoms with Gasteiger partial charge in [0, 0.05) is 34.6 Å². The molecule has 1 fully saturated rings. The number of rotatable bonds is 6. The number of carboxylic acids is 1. The zero-order valence-corrected chi connectivity index (χ0v) is 14.5. The highest BCUT2D eigenvalue weighted by atomic mass is 32.2. The Morgan fingerprint density at radius 2 is 2.05 bits per heavy atom. The first-order valence-electron chi connectivity index (χ1n) is 6.98. The predicted octanol–water partition coefficient (Wildman–Crippen LogP) is 1.34. The van der Waals surface area contributed by atoms with Gasteiger partial charge in [0.25, 0.3) is 0 Å². The van der Waals surface area contributed by atoms with Crippen LogP contribution in [-0.4, -0.2) is 61.4 Å². The minimum atomic E-state index is -0.969. The standard InChI is InChI=1S/C13H24N2O4S2/c1-8(2)11-15(10(7-20-11)12(16)17)13(18)14-6-5-9(3)21(4)19/h8-11H,5-7H2,1-4H3,(H,14,18)(H,16,17). The van der Waals surface area contributed by atoms with Crippen molar-refractivity contribution in [2.75, 3.05) is 18.6 Å². The van der Waals surface area contributed by atoms with Crippen molar-refractivity contribution in [1.29, 1.82) is 0 Å². The molecule has 1 aliphatic rings. The van der Waals surface area contributed by atoms with Crippen LogP contribution in [0.1, 0.15) is 27.2 Å². The molecule has 1 heterocycles. The molecule has 1 aliphatic heterocycles. The molecule has 0 aliphatic carbocycles. The number of amides is 2. The Morgan fingerprint density at radius 3 is 2.52 bits per heavy atom. The molecule has 0 aromatic rings. The Balaban J connectivity index is 2.63. The molecule has 122 valence electrons. The largest absolute Gasteiger partial charge is 0.480 e. The summed E-state index contributed by atoms with van der Waals surface area (Å²) in [5.41, 5.74) is 0. The molecule has 21 heavy (non-hydrogen) atoms. The molecule has 0 radical (unpaired) electrons. The van der Waals surface area contributed by atoms with Crippen LogP contribution in [0.2, 0.25) is 0 Å². The van der Waals surface area contributed by atoms with Crippen LogP contribution in [0.25, 0.3) is 0 Å². The lowest BCUT2D eigenvalue weighted by atomic mass is 10.1. The van der Waals surface area contributed by atoms with E-state index in [9.17, 15) is 18.9 Å². The Labute approximate surface area is 132 Å². The van der Waals surface area contributed by atoms with Gasteiger partial charge in [-0.2, -0.15) is 0 Å². The second kappa shape index (κ2) is 8.03. The first-order chi connectivity index (χ1) is 9.75. The molecular weight excluding hydrogens is 312 g/mol. The normalized spacial score (nSPS) is 24.9. The maximum atomic E-state index is 12.3. The SMILES string of the molecule is CC(C)C1SCC(C(=O)O)N1C(=O)NCCC(C)S(C)=O. The van der Waals surface area contributed by atoms with Gasteiger partial charge < -0.3 is 10.4 Å². The van der Waals surface area contributed by atoms with E-state index in [2.05, 4.69) is 5.32 Å². The zero-order chi connectivity index (χ0) is 16.2. The summed E-state index contributed by atoms with van der Waals surface area (Å²) in [4.78, 5) is 25.0. The summed E-state index contributed by atoms with van der Waals surface area (Å²) in [6.45, 7) is 6.22. The topological polar surface area (TPSA) is 86.7 Å². The van der Waals surface area contributed by atoms with Gasteiger partial charge in [0.1, 0.15) is 6.04 Å². The fraction of sp³-hybridized carbons (Fsp3) is 0.846. The van der Waals surface area contributed by atoms with E-state index in [1.807, 2.05) is 20.8 Å². The smallest absolute Gasteiger partial charge is 0.327 e. The third-order valence-electron chi connectivity index (χ3n) is 3.52. The molecule has 2 amide bonds. The number of carbonyl (C=O) groups is 2. The van der Waals surface area contributed by atoms with Gasteiger partial charge in [-0.05, 0) is 12.3 Å². The lowest BCUT2D eigenvalue weighted by Crippen LogP contribution is -2.51. The number of hydrogen-bond donors (Lipinski definition) is 2. The number of thioether (sulfide) groups is 1. The van der Waals surface area contributed by atoms with Gasteiger partial charge >= 0.3 is 12.0 Å². The molecule has 8 heteroatoms. The van der Waals surface area contributed by atoms with Crippen LogP contribution < -0.4 is 5.32 Å². The number of nitrogens with one attached hydrogen (secondary N) is 1. The molecule has 1 saturated heterocycles. The van der Waals surface area contributed by atoms with Crippen LogP contribution in [0.3, 0.4) is 0 Å². The Morgan fingerprint density at radius 1 is 1.43 bits per heavy atom. The summed E-state index contributed by atoms with van der Waals surface area (Å²) in [5.74, 6) is -0.364. The zero-order valence-electron chi connectivity index (χ0n) is 12.9. The lowest BCUT2D eigenvalue weighted by molar-refractivity contribution is -0.141. The van der Waals surface area contributed by atoms with Gasteiger partial charge in [0.05, 0.1) is 5.37 Å². The van der Waals surface area contributed by atoms with Crippen molar-refractivity contribution >= 4 is 34.6 Å². The lowest BCUT2D eigenvalue weighted by Gasteiger charge is -2.29. The maximum absolute atomic E-state index is 12.3. The van der Waals surface area contributed by atoms with E-state index in [1.54, 1.807) is 6.26 Å². The molecule has 4 atom stereocenters. The second-order valence-electron chi connectivity index (χ2n) is 5.56. The Hall–Kier alpha value is -0.760. The Bertz CT molecular complexity index is 417. The third kappa shape index (κ3) is 4.88. The maximum Gasteiger partial charge on any atom is 0.327 e. The van der Waals surface area contributed by atoms with E-state index in [-0.39, 0.29) is 22.6 Å². The molecule has 0 spiro atoms. The molecule has 4 unspecified atom stereocenters. The number of hydrogen-bond acceptors (Lipinski definition) is 4. The first-order valence-corrected chi connectivity index (χ1v) is 9.65. The van der Waals surface area contributed by atoms with E-state index in [0.29, 0.717) is 18.7 Å². The number of nitrogens with zero attached hydrogens (tertiary/aromatic N) is 1. The van der Waals surface area contributed by atoms with E-state index in [1.165, 1.54) is 16.7 Å². The van der Waals surface area contributed by atoms with Gasteiger partial charge in [0.15, 0.2) is 0 Å². The molecule has 0 bridgehead atoms. The highest BCUT2D eigenvalue weighted by molar-refractivity contribution is 8.00. The Kier molecular flexibility index (Phi) is 6.99. The highest BCUT2D eigenvalue weighted by Crippen LogP contribution is 2.33. The summed E-state index contributed by atoms with van der Waals surface area (Å²) in [5, 5.41) is 11.9. The van der Waals surface area contributed by atoms with Crippen molar-refractivity contribution in [2.45, 2.75) is 43.9 Å². The first kappa shape index (κ1) is 18.3. The predicted molar refractivity (Wildman–Crippen MR) is 85.9 cm³/mol. The van der Waals surface area contributed by atoms with E-state index in [0.717, 1.165) is 0 Å². The van der Waals surface area contributed by atoms with Gasteiger partial charge in [-0.1, -0.05) is 20.8 Å². The van der Waals surface area contributed by atoms with Crippen LogP contribution in [0.5, 0.6) is 0 Å². The van der Waals surface area contributed by atoms with Crippen LogP contribution in [0, 0.1) is 5.92 Å². The van der Waals surface area contributed by atoms with E-state index >= 15 is 0 Å². The minimum Gasteiger partial charge on any atom is -0.480 e. The van der Waals surface area contributed by atoms with Crippen LogP contribution in [-0.2, 0) is 15.6 Å². The number of urea groups is 1. The van der Waals surface area contributed by atoms with Crippen molar-refractivity contribution < 1.29 is 18.9 Å². The second-order valence-corrected chi connectivity index (χ2v) is 8.51. The fourth-order valence-corrected chi connectivity index (χ4v) is 4.05. The highest BCUT2D eigenvalue weighted by Gasteiger charge is 2.42. The number of carboxylic acid groups (broad SMARTS) is 1. The van der Waals surface area contributed by atoms with Gasteiger partial charge in [-0.25, -0.2) is 9.59 Å². The summed E-state index contributed by atoms with van der Waals surface area (Å²) in [6.07, 6.45) is 2.25. The molecule has 2 N–H and O–H groups in total. The summed E-state index contributed by atoms with van der Waals surface area (Å²) in [6, 6.07) is -1.12. The van der Waals surface area contributed by atoms with Crippen molar-refractivity contribution in [1.82, 2.24) is 10.2 Å². The van der Waals surface area contributed by atoms with E-state index in [4.69, 9.17) is 0 Å². The molecule has 0 aromatic carbocycles. The number of aliphatic carboxylic acids is 1. The summed E-state index contributed by atoms with van der Waals surface area (Å²) >= 11 is 1.50. The van der Waals surface area contributed by atoms with Crippen LogP contribution >= 0.6 is 11.8 Å². The van der Waals surface area contributed by atoms with Crippen LogP contribution in [0.4, 0.5) is 4.79 Å². The average molecular weight is 336 g/mol. The van der Waals surface area contributed by atoms with Crippen LogP contribution in [0.15, 0.2) is 0 Å². The van der Waals surface area contributed by atoms with Gasteiger partial charge in [-0.3, -0.25) is 9.11 Å². The quantitative estimate of drug-likeness (QED) is 0.764. The minimum absolute atomic E-state index is 0.00872. The van der Waals surface area contributed by atoms with Gasteiger partial charge in [-0.15, -0.1) is 11.8 Å². The molecule has 0 saturated carbocycles. The van der Waals surface area contributed by atoms with E-state index < -0.39 is 22.8 Å². The number of carbonyl (C=O) groups excluding carboxylic acids is 1. The molecule has 1 rings (SSSR count).